The van der Waals surface area contributed by atoms with Gasteiger partial charge in [-0.25, -0.2) is 8.78 Å². The van der Waals surface area contributed by atoms with E-state index in [4.69, 9.17) is 4.74 Å². The molecule has 0 atom stereocenters. The van der Waals surface area contributed by atoms with Crippen LogP contribution in [-0.4, -0.2) is 11.7 Å². The van der Waals surface area contributed by atoms with Crippen LogP contribution in [0.4, 0.5) is 13.2 Å². The second kappa shape index (κ2) is 10.2. The van der Waals surface area contributed by atoms with Gasteiger partial charge >= 0.3 is 0 Å². The Kier molecular flexibility index (Phi) is 7.46. The van der Waals surface area contributed by atoms with Crippen molar-refractivity contribution in [3.05, 3.63) is 71.6 Å². The van der Waals surface area contributed by atoms with Gasteiger partial charge < -0.3 is 9.84 Å². The van der Waals surface area contributed by atoms with Gasteiger partial charge in [0, 0.05) is 12.0 Å². The molecule has 2 aromatic rings. The van der Waals surface area contributed by atoms with Crippen LogP contribution in [0.3, 0.4) is 0 Å². The zero-order chi connectivity index (χ0) is 21.5. The molecule has 5 heteroatoms. The monoisotopic (exact) mass is 414 g/mol. The first-order valence-electron chi connectivity index (χ1n) is 10.2. The van der Waals surface area contributed by atoms with Gasteiger partial charge in [-0.2, -0.15) is 4.39 Å². The predicted octanol–water partition coefficient (Wildman–Crippen LogP) is 6.48. The smallest absolute Gasteiger partial charge is 0.200 e. The molecule has 0 amide bonds. The standard InChI is InChI=1S/C25H25F3O2/c1-2-3-4-15-30-23-14-13-21(24(27)25(23)28)18-8-5-17(6-9-18)7-10-19-11-12-20(29)16-22(19)26/h2,11-14,16-18,29H,1,3-6,8-9,15H2. The third-order valence-corrected chi connectivity index (χ3v) is 5.42. The van der Waals surface area contributed by atoms with E-state index in [1.54, 1.807) is 12.1 Å². The van der Waals surface area contributed by atoms with Crippen molar-refractivity contribution in [1.82, 2.24) is 0 Å². The number of rotatable bonds is 6. The highest BCUT2D eigenvalue weighted by Crippen LogP contribution is 2.38. The van der Waals surface area contributed by atoms with Crippen LogP contribution < -0.4 is 4.74 Å². The number of unbranched alkanes of at least 4 members (excludes halogenated alkanes) is 1. The Morgan fingerprint density at radius 2 is 1.83 bits per heavy atom. The zero-order valence-electron chi connectivity index (χ0n) is 16.8. The molecule has 3 rings (SSSR count). The summed E-state index contributed by atoms with van der Waals surface area (Å²) in [6, 6.07) is 6.99. The summed E-state index contributed by atoms with van der Waals surface area (Å²) in [7, 11) is 0. The molecule has 158 valence electrons. The molecule has 2 aromatic carbocycles. The first-order valence-corrected chi connectivity index (χ1v) is 10.2. The number of hydrogen-bond donors (Lipinski definition) is 1. The fourth-order valence-electron chi connectivity index (χ4n) is 3.72. The normalized spacial score (nSPS) is 18.4. The average Bonchev–Trinajstić information content (AvgIpc) is 2.74. The van der Waals surface area contributed by atoms with Crippen molar-refractivity contribution in [3.8, 4) is 23.3 Å². The van der Waals surface area contributed by atoms with Crippen molar-refractivity contribution in [2.75, 3.05) is 6.61 Å². The summed E-state index contributed by atoms with van der Waals surface area (Å²) in [4.78, 5) is 0. The fraction of sp³-hybridized carbons (Fsp3) is 0.360. The van der Waals surface area contributed by atoms with Gasteiger partial charge in [0.2, 0.25) is 5.82 Å². The highest BCUT2D eigenvalue weighted by atomic mass is 19.2. The van der Waals surface area contributed by atoms with E-state index < -0.39 is 17.5 Å². The Balaban J connectivity index is 1.60. The Hall–Kier alpha value is -2.87. The van der Waals surface area contributed by atoms with Crippen LogP contribution >= 0.6 is 0 Å². The maximum atomic E-state index is 14.6. The van der Waals surface area contributed by atoms with Crippen molar-refractivity contribution >= 4 is 0 Å². The van der Waals surface area contributed by atoms with E-state index in [0.29, 0.717) is 31.4 Å². The molecule has 1 N–H and O–H groups in total. The summed E-state index contributed by atoms with van der Waals surface area (Å²) in [5.41, 5.74) is 0.619. The van der Waals surface area contributed by atoms with Crippen molar-refractivity contribution in [1.29, 1.82) is 0 Å². The van der Waals surface area contributed by atoms with Crippen LogP contribution in [0.15, 0.2) is 43.0 Å². The summed E-state index contributed by atoms with van der Waals surface area (Å²) in [6.45, 7) is 3.93. The summed E-state index contributed by atoms with van der Waals surface area (Å²) in [5, 5.41) is 9.26. The Bertz CT molecular complexity index is 951. The number of benzene rings is 2. The Labute approximate surface area is 175 Å². The van der Waals surface area contributed by atoms with E-state index in [9.17, 15) is 18.3 Å². The maximum absolute atomic E-state index is 14.6. The molecule has 0 bridgehead atoms. The fourth-order valence-corrected chi connectivity index (χ4v) is 3.72. The van der Waals surface area contributed by atoms with Crippen LogP contribution in [0, 0.1) is 35.2 Å². The van der Waals surface area contributed by atoms with Gasteiger partial charge in [0.15, 0.2) is 11.6 Å². The molecule has 0 aliphatic heterocycles. The van der Waals surface area contributed by atoms with Crippen molar-refractivity contribution < 1.29 is 23.0 Å². The number of halogens is 3. The minimum atomic E-state index is -0.934. The largest absolute Gasteiger partial charge is 0.508 e. The third-order valence-electron chi connectivity index (χ3n) is 5.42. The predicted molar refractivity (Wildman–Crippen MR) is 111 cm³/mol. The molecule has 0 unspecified atom stereocenters. The topological polar surface area (TPSA) is 29.5 Å². The molecule has 0 spiro atoms. The van der Waals surface area contributed by atoms with Crippen molar-refractivity contribution in [3.63, 3.8) is 0 Å². The van der Waals surface area contributed by atoms with Gasteiger partial charge in [-0.05, 0) is 68.2 Å². The van der Waals surface area contributed by atoms with Crippen molar-refractivity contribution in [2.24, 2.45) is 5.92 Å². The number of aromatic hydroxyl groups is 1. The minimum Gasteiger partial charge on any atom is -0.508 e. The van der Waals surface area contributed by atoms with Crippen LogP contribution in [0.5, 0.6) is 11.5 Å². The molecule has 2 nitrogen and oxygen atoms in total. The molecule has 1 aliphatic rings. The van der Waals surface area contributed by atoms with Crippen LogP contribution in [0.25, 0.3) is 0 Å². The maximum Gasteiger partial charge on any atom is 0.200 e. The molecule has 0 radical (unpaired) electrons. The van der Waals surface area contributed by atoms with Gasteiger partial charge in [-0.1, -0.05) is 24.0 Å². The van der Waals surface area contributed by atoms with Gasteiger partial charge in [0.05, 0.1) is 12.2 Å². The summed E-state index contributed by atoms with van der Waals surface area (Å²) in [6.07, 6.45) is 6.06. The van der Waals surface area contributed by atoms with E-state index in [-0.39, 0.29) is 28.9 Å². The highest BCUT2D eigenvalue weighted by Gasteiger charge is 2.26. The zero-order valence-corrected chi connectivity index (χ0v) is 16.8. The summed E-state index contributed by atoms with van der Waals surface area (Å²) >= 11 is 0. The molecule has 30 heavy (non-hydrogen) atoms. The molecule has 0 heterocycles. The quantitative estimate of drug-likeness (QED) is 0.333. The number of ether oxygens (including phenoxy) is 1. The lowest BCUT2D eigenvalue weighted by atomic mass is 9.78. The van der Waals surface area contributed by atoms with Gasteiger partial charge in [0.1, 0.15) is 11.6 Å². The Morgan fingerprint density at radius 3 is 2.53 bits per heavy atom. The highest BCUT2D eigenvalue weighted by molar-refractivity contribution is 5.40. The third kappa shape index (κ3) is 5.38. The number of hydrogen-bond acceptors (Lipinski definition) is 2. The van der Waals surface area contributed by atoms with E-state index in [0.717, 1.165) is 25.3 Å². The molecule has 0 aromatic heterocycles. The van der Waals surface area contributed by atoms with Crippen LogP contribution in [-0.2, 0) is 0 Å². The Morgan fingerprint density at radius 1 is 1.07 bits per heavy atom. The SMILES string of the molecule is C=CCCCOc1ccc(C2CCC(C#Cc3ccc(O)cc3F)CC2)c(F)c1F. The summed E-state index contributed by atoms with van der Waals surface area (Å²) in [5.74, 6) is 3.38. The second-order valence-electron chi connectivity index (χ2n) is 7.54. The number of phenols is 1. The van der Waals surface area contributed by atoms with Gasteiger partial charge in [-0.3, -0.25) is 0 Å². The molecule has 1 saturated carbocycles. The molecule has 1 aliphatic carbocycles. The second-order valence-corrected chi connectivity index (χ2v) is 7.54. The number of allylic oxidation sites excluding steroid dienone is 1. The van der Waals surface area contributed by atoms with E-state index in [1.165, 1.54) is 18.2 Å². The van der Waals surface area contributed by atoms with E-state index in [2.05, 4.69) is 18.4 Å². The lowest BCUT2D eigenvalue weighted by Gasteiger charge is -2.26. The van der Waals surface area contributed by atoms with Gasteiger partial charge in [0.25, 0.3) is 0 Å². The molecule has 0 saturated heterocycles. The molecular formula is C25H25F3O2. The number of phenolic OH excluding ortho intramolecular Hbond substituents is 1. The molecule has 1 fully saturated rings. The first kappa shape index (κ1) is 21.8. The van der Waals surface area contributed by atoms with Crippen molar-refractivity contribution in [2.45, 2.75) is 44.4 Å². The van der Waals surface area contributed by atoms with Crippen LogP contribution in [0.2, 0.25) is 0 Å². The van der Waals surface area contributed by atoms with E-state index >= 15 is 0 Å². The lowest BCUT2D eigenvalue weighted by Crippen LogP contribution is -2.14. The summed E-state index contributed by atoms with van der Waals surface area (Å²) < 4.78 is 48.1. The van der Waals surface area contributed by atoms with Crippen LogP contribution in [0.1, 0.15) is 55.6 Å². The van der Waals surface area contributed by atoms with Gasteiger partial charge in [-0.15, -0.1) is 6.58 Å². The van der Waals surface area contributed by atoms with E-state index in [1.807, 2.05) is 0 Å². The minimum absolute atomic E-state index is 0.0595. The first-order chi connectivity index (χ1) is 14.5. The molecular weight excluding hydrogens is 389 g/mol. The lowest BCUT2D eigenvalue weighted by molar-refractivity contribution is 0.288. The average molecular weight is 414 g/mol.